The molecule has 2 rings (SSSR count). The summed E-state index contributed by atoms with van der Waals surface area (Å²) in [6, 6.07) is 6.04. The molecule has 1 saturated heterocycles. The second-order valence-electron chi connectivity index (χ2n) is 4.78. The third-order valence-electron chi connectivity index (χ3n) is 3.53. The Balaban J connectivity index is 2.25. The number of aliphatic carboxylic acids is 1. The van der Waals surface area contributed by atoms with Gasteiger partial charge < -0.3 is 14.7 Å². The van der Waals surface area contributed by atoms with Crippen LogP contribution in [0.1, 0.15) is 23.7 Å². The van der Waals surface area contributed by atoms with Crippen LogP contribution in [0.15, 0.2) is 24.3 Å². The van der Waals surface area contributed by atoms with Crippen molar-refractivity contribution in [3.63, 3.8) is 0 Å². The molecule has 0 radical (unpaired) electrons. The quantitative estimate of drug-likeness (QED) is 0.900. The van der Waals surface area contributed by atoms with Crippen LogP contribution >= 0.6 is 0 Å². The van der Waals surface area contributed by atoms with Gasteiger partial charge in [-0.3, -0.25) is 4.79 Å². The average Bonchev–Trinajstić information content (AvgIpc) is 2.80. The molecular weight excluding hydrogens is 246 g/mol. The van der Waals surface area contributed by atoms with E-state index in [9.17, 15) is 14.7 Å². The smallest absolute Gasteiger partial charge is 0.326 e. The van der Waals surface area contributed by atoms with Crippen molar-refractivity contribution in [1.29, 1.82) is 0 Å². The van der Waals surface area contributed by atoms with Crippen molar-refractivity contribution in [2.24, 2.45) is 5.92 Å². The number of carbonyl (C=O) groups excluding carboxylic acids is 1. The number of methoxy groups -OCH3 is 1. The van der Waals surface area contributed by atoms with E-state index in [0.717, 1.165) is 0 Å². The zero-order valence-electron chi connectivity index (χ0n) is 11.0. The van der Waals surface area contributed by atoms with E-state index in [0.29, 0.717) is 24.3 Å². The lowest BCUT2D eigenvalue weighted by Gasteiger charge is -2.23. The highest BCUT2D eigenvalue weighted by Crippen LogP contribution is 2.26. The Morgan fingerprint density at radius 1 is 1.42 bits per heavy atom. The predicted molar refractivity (Wildman–Crippen MR) is 69.2 cm³/mol. The maximum Gasteiger partial charge on any atom is 0.326 e. The van der Waals surface area contributed by atoms with Crippen molar-refractivity contribution in [3.05, 3.63) is 29.8 Å². The van der Waals surface area contributed by atoms with Crippen molar-refractivity contribution in [2.75, 3.05) is 13.7 Å². The number of benzene rings is 1. The summed E-state index contributed by atoms with van der Waals surface area (Å²) < 4.78 is 5.08. The average molecular weight is 263 g/mol. The fraction of sp³-hybridized carbons (Fsp3) is 0.429. The van der Waals surface area contributed by atoms with Crippen molar-refractivity contribution >= 4 is 11.9 Å². The highest BCUT2D eigenvalue weighted by atomic mass is 16.5. The number of carboxylic acids is 1. The van der Waals surface area contributed by atoms with Crippen LogP contribution in [0.4, 0.5) is 0 Å². The molecule has 1 aliphatic rings. The zero-order chi connectivity index (χ0) is 14.0. The summed E-state index contributed by atoms with van der Waals surface area (Å²) in [6.07, 6.45) is 0.715. The molecule has 19 heavy (non-hydrogen) atoms. The first kappa shape index (κ1) is 13.4. The van der Waals surface area contributed by atoms with Gasteiger partial charge in [0.1, 0.15) is 11.8 Å². The Bertz CT molecular complexity index is 500. The third kappa shape index (κ3) is 2.54. The molecule has 0 spiro atoms. The monoisotopic (exact) mass is 263 g/mol. The van der Waals surface area contributed by atoms with Gasteiger partial charge >= 0.3 is 5.97 Å². The molecule has 0 aromatic heterocycles. The Kier molecular flexibility index (Phi) is 3.74. The number of rotatable bonds is 3. The number of hydrogen-bond acceptors (Lipinski definition) is 3. The lowest BCUT2D eigenvalue weighted by Crippen LogP contribution is -2.42. The van der Waals surface area contributed by atoms with Crippen LogP contribution in [0.3, 0.4) is 0 Å². The molecule has 1 N–H and O–H groups in total. The molecule has 0 aliphatic carbocycles. The van der Waals surface area contributed by atoms with E-state index in [4.69, 9.17) is 4.74 Å². The Morgan fingerprint density at radius 2 is 2.16 bits per heavy atom. The van der Waals surface area contributed by atoms with Crippen molar-refractivity contribution < 1.29 is 19.4 Å². The first-order valence-electron chi connectivity index (χ1n) is 6.22. The minimum Gasteiger partial charge on any atom is -0.497 e. The highest BCUT2D eigenvalue weighted by Gasteiger charge is 2.39. The van der Waals surface area contributed by atoms with E-state index in [-0.39, 0.29) is 11.8 Å². The molecule has 5 nitrogen and oxygen atoms in total. The normalized spacial score (nSPS) is 22.3. The second kappa shape index (κ2) is 5.30. The number of likely N-dealkylation sites (tertiary alicyclic amines) is 1. The number of carboxylic acid groups (broad SMARTS) is 1. The maximum absolute atomic E-state index is 12.4. The summed E-state index contributed by atoms with van der Waals surface area (Å²) in [5.74, 6) is -0.631. The predicted octanol–water partition coefficient (Wildman–Crippen LogP) is 1.63. The van der Waals surface area contributed by atoms with Gasteiger partial charge in [-0.15, -0.1) is 0 Å². The van der Waals surface area contributed by atoms with Gasteiger partial charge in [0.15, 0.2) is 0 Å². The summed E-state index contributed by atoms with van der Waals surface area (Å²) in [7, 11) is 1.53. The number of carbonyl (C=O) groups is 2. The zero-order valence-corrected chi connectivity index (χ0v) is 11.0. The lowest BCUT2D eigenvalue weighted by molar-refractivity contribution is -0.142. The van der Waals surface area contributed by atoms with Gasteiger partial charge in [-0.1, -0.05) is 13.0 Å². The summed E-state index contributed by atoms with van der Waals surface area (Å²) in [5.41, 5.74) is 0.458. The standard InChI is InChI=1S/C14H17NO4/c1-9-6-7-15(12(9)14(17)18)13(16)10-4-3-5-11(8-10)19-2/h3-5,8-9,12H,6-7H2,1-2H3,(H,17,18). The molecule has 2 atom stereocenters. The maximum atomic E-state index is 12.4. The van der Waals surface area contributed by atoms with Gasteiger partial charge in [0.2, 0.25) is 0 Å². The number of amides is 1. The Morgan fingerprint density at radius 3 is 2.79 bits per heavy atom. The van der Waals surface area contributed by atoms with Crippen LogP contribution in [0.25, 0.3) is 0 Å². The summed E-state index contributed by atoms with van der Waals surface area (Å²) in [6.45, 7) is 2.34. The number of hydrogen-bond donors (Lipinski definition) is 1. The molecule has 102 valence electrons. The van der Waals surface area contributed by atoms with E-state index < -0.39 is 12.0 Å². The van der Waals surface area contributed by atoms with Gasteiger partial charge in [0, 0.05) is 12.1 Å². The molecule has 1 aliphatic heterocycles. The minimum atomic E-state index is -0.943. The van der Waals surface area contributed by atoms with Gasteiger partial charge in [-0.05, 0) is 30.5 Å². The SMILES string of the molecule is COc1cccc(C(=O)N2CCC(C)C2C(=O)O)c1. The Labute approximate surface area is 111 Å². The number of nitrogens with zero attached hydrogens (tertiary/aromatic N) is 1. The molecule has 1 aromatic carbocycles. The van der Waals surface area contributed by atoms with Crippen LogP contribution in [-0.2, 0) is 4.79 Å². The van der Waals surface area contributed by atoms with Gasteiger partial charge in [-0.2, -0.15) is 0 Å². The van der Waals surface area contributed by atoms with Crippen molar-refractivity contribution in [3.8, 4) is 5.75 Å². The van der Waals surface area contributed by atoms with Crippen LogP contribution in [-0.4, -0.2) is 41.6 Å². The fourth-order valence-electron chi connectivity index (χ4n) is 2.47. The minimum absolute atomic E-state index is 0.0212. The summed E-state index contributed by atoms with van der Waals surface area (Å²) in [4.78, 5) is 25.1. The van der Waals surface area contributed by atoms with E-state index >= 15 is 0 Å². The molecule has 0 bridgehead atoms. The topological polar surface area (TPSA) is 66.8 Å². The van der Waals surface area contributed by atoms with E-state index in [2.05, 4.69) is 0 Å². The number of ether oxygens (including phenoxy) is 1. The molecule has 1 aromatic rings. The van der Waals surface area contributed by atoms with Gasteiger partial charge in [-0.25, -0.2) is 4.79 Å². The summed E-state index contributed by atoms with van der Waals surface area (Å²) >= 11 is 0. The molecule has 2 unspecified atom stereocenters. The van der Waals surface area contributed by atoms with Crippen LogP contribution in [0, 0.1) is 5.92 Å². The lowest BCUT2D eigenvalue weighted by atomic mass is 10.0. The van der Waals surface area contributed by atoms with E-state index in [1.165, 1.54) is 12.0 Å². The molecule has 1 heterocycles. The van der Waals surface area contributed by atoms with E-state index in [1.807, 2.05) is 6.92 Å². The molecule has 1 fully saturated rings. The van der Waals surface area contributed by atoms with Crippen LogP contribution in [0.5, 0.6) is 5.75 Å². The van der Waals surface area contributed by atoms with Crippen molar-refractivity contribution in [1.82, 2.24) is 4.90 Å². The highest BCUT2D eigenvalue weighted by molar-refractivity contribution is 5.97. The molecule has 5 heteroatoms. The van der Waals surface area contributed by atoms with Crippen molar-refractivity contribution in [2.45, 2.75) is 19.4 Å². The van der Waals surface area contributed by atoms with E-state index in [1.54, 1.807) is 24.3 Å². The van der Waals surface area contributed by atoms with Gasteiger partial charge in [0.25, 0.3) is 5.91 Å². The molecule has 0 saturated carbocycles. The van der Waals surface area contributed by atoms with Crippen LogP contribution < -0.4 is 4.74 Å². The molecule has 1 amide bonds. The first-order valence-corrected chi connectivity index (χ1v) is 6.22. The summed E-state index contributed by atoms with van der Waals surface area (Å²) in [5, 5.41) is 9.23. The third-order valence-corrected chi connectivity index (χ3v) is 3.53. The Hall–Kier alpha value is -2.04. The first-order chi connectivity index (χ1) is 9.04. The molecular formula is C14H17NO4. The largest absolute Gasteiger partial charge is 0.497 e. The van der Waals surface area contributed by atoms with Gasteiger partial charge in [0.05, 0.1) is 7.11 Å². The fourth-order valence-corrected chi connectivity index (χ4v) is 2.47. The second-order valence-corrected chi connectivity index (χ2v) is 4.78. The van der Waals surface area contributed by atoms with Crippen LogP contribution in [0.2, 0.25) is 0 Å².